The number of nitrogens with zero attached hydrogens (tertiary/aromatic N) is 2. The van der Waals surface area contributed by atoms with Crippen molar-refractivity contribution in [1.82, 2.24) is 9.97 Å². The van der Waals surface area contributed by atoms with E-state index in [0.29, 0.717) is 5.95 Å². The van der Waals surface area contributed by atoms with Gasteiger partial charge in [0.15, 0.2) is 0 Å². The van der Waals surface area contributed by atoms with Gasteiger partial charge in [-0.1, -0.05) is 0 Å². The minimum Gasteiger partial charge on any atom is -0.370 e. The topological polar surface area (TPSA) is 47.0 Å². The second kappa shape index (κ2) is 5.81. The maximum Gasteiger partial charge on any atom is 0.411 e. The molecule has 0 aromatic carbocycles. The molecule has 1 heterocycles. The molecule has 0 unspecified atom stereocenters. The van der Waals surface area contributed by atoms with Gasteiger partial charge >= 0.3 is 6.18 Å². The molecule has 4 nitrogen and oxygen atoms in total. The zero-order valence-electron chi connectivity index (χ0n) is 9.64. The van der Waals surface area contributed by atoms with Crippen LogP contribution in [0.25, 0.3) is 0 Å². The third kappa shape index (κ3) is 6.06. The van der Waals surface area contributed by atoms with Crippen LogP contribution >= 0.6 is 0 Å². The molecule has 0 saturated carbocycles. The third-order valence-electron chi connectivity index (χ3n) is 1.78. The van der Waals surface area contributed by atoms with E-state index in [4.69, 9.17) is 0 Å². The van der Waals surface area contributed by atoms with E-state index in [1.807, 2.05) is 19.9 Å². The van der Waals surface area contributed by atoms with Gasteiger partial charge in [0.25, 0.3) is 0 Å². The van der Waals surface area contributed by atoms with E-state index in [2.05, 4.69) is 20.0 Å². The monoisotopic (exact) mass is 249 g/mol. The van der Waals surface area contributed by atoms with E-state index >= 15 is 0 Å². The van der Waals surface area contributed by atoms with Gasteiger partial charge in [-0.25, -0.2) is 9.97 Å². The largest absolute Gasteiger partial charge is 0.411 e. The minimum atomic E-state index is -4.28. The minimum absolute atomic E-state index is 0.0458. The second-order valence-corrected chi connectivity index (χ2v) is 3.57. The molecule has 1 rings (SSSR count). The van der Waals surface area contributed by atoms with Crippen molar-refractivity contribution >= 4 is 5.95 Å². The summed E-state index contributed by atoms with van der Waals surface area (Å²) in [6.07, 6.45) is -4.28. The van der Waals surface area contributed by atoms with E-state index in [9.17, 15) is 13.2 Å². The number of rotatable bonds is 5. The first-order chi connectivity index (χ1) is 7.87. The molecule has 0 atom stereocenters. The highest BCUT2D eigenvalue weighted by Gasteiger charge is 2.27. The number of hydrogen-bond acceptors (Lipinski definition) is 4. The van der Waals surface area contributed by atoms with E-state index in [0.717, 1.165) is 11.4 Å². The smallest absolute Gasteiger partial charge is 0.370 e. The summed E-state index contributed by atoms with van der Waals surface area (Å²) in [7, 11) is 0. The molecular weight excluding hydrogens is 235 g/mol. The molecule has 0 radical (unpaired) electrons. The fourth-order valence-corrected chi connectivity index (χ4v) is 1.23. The maximum atomic E-state index is 11.7. The summed E-state index contributed by atoms with van der Waals surface area (Å²) in [6, 6.07) is 1.81. The molecule has 0 aliphatic rings. The highest BCUT2D eigenvalue weighted by molar-refractivity contribution is 5.27. The van der Waals surface area contributed by atoms with E-state index < -0.39 is 12.8 Å². The molecule has 1 aromatic rings. The summed E-state index contributed by atoms with van der Waals surface area (Å²) in [4.78, 5) is 8.16. The highest BCUT2D eigenvalue weighted by atomic mass is 19.4. The summed E-state index contributed by atoms with van der Waals surface area (Å²) >= 11 is 0. The highest BCUT2D eigenvalue weighted by Crippen LogP contribution is 2.14. The molecule has 7 heteroatoms. The molecule has 0 aliphatic carbocycles. The Bertz CT molecular complexity index is 348. The van der Waals surface area contributed by atoms with Crippen LogP contribution in [0.4, 0.5) is 19.1 Å². The number of hydrogen-bond donors (Lipinski definition) is 1. The van der Waals surface area contributed by atoms with Crippen LogP contribution in [0.2, 0.25) is 0 Å². The Hall–Kier alpha value is -1.37. The van der Waals surface area contributed by atoms with Gasteiger partial charge in [0.1, 0.15) is 6.61 Å². The standard InChI is InChI=1S/C10H14F3N3O/c1-7-5-8(2)16-9(15-7)14-3-4-17-6-10(11,12)13/h5H,3-4,6H2,1-2H3,(H,14,15,16). The van der Waals surface area contributed by atoms with E-state index in [-0.39, 0.29) is 13.2 Å². The maximum absolute atomic E-state index is 11.7. The Morgan fingerprint density at radius 2 is 1.82 bits per heavy atom. The summed E-state index contributed by atoms with van der Waals surface area (Å²) in [6.45, 7) is 2.59. The van der Waals surface area contributed by atoms with Gasteiger partial charge in [0.05, 0.1) is 6.61 Å². The second-order valence-electron chi connectivity index (χ2n) is 3.57. The quantitative estimate of drug-likeness (QED) is 0.812. The molecule has 0 spiro atoms. The van der Waals surface area contributed by atoms with Crippen LogP contribution in [0.1, 0.15) is 11.4 Å². The molecule has 1 N–H and O–H groups in total. The molecule has 0 aliphatic heterocycles. The normalized spacial score (nSPS) is 11.6. The first kappa shape index (κ1) is 13.7. The number of alkyl halides is 3. The van der Waals surface area contributed by atoms with Crippen molar-refractivity contribution in [3.8, 4) is 0 Å². The number of aryl methyl sites for hydroxylation is 2. The lowest BCUT2D eigenvalue weighted by atomic mass is 10.4. The van der Waals surface area contributed by atoms with Crippen molar-refractivity contribution in [3.63, 3.8) is 0 Å². The van der Waals surface area contributed by atoms with Gasteiger partial charge in [-0.2, -0.15) is 13.2 Å². The van der Waals surface area contributed by atoms with Crippen LogP contribution < -0.4 is 5.32 Å². The van der Waals surface area contributed by atoms with Gasteiger partial charge in [-0.05, 0) is 19.9 Å². The molecule has 0 amide bonds. The number of anilines is 1. The molecular formula is C10H14F3N3O. The fourth-order valence-electron chi connectivity index (χ4n) is 1.23. The Labute approximate surface area is 97.2 Å². The van der Waals surface area contributed by atoms with E-state index in [1.165, 1.54) is 0 Å². The van der Waals surface area contributed by atoms with Gasteiger partial charge in [0.2, 0.25) is 5.95 Å². The fraction of sp³-hybridized carbons (Fsp3) is 0.600. The Morgan fingerprint density at radius 3 is 2.35 bits per heavy atom. The average molecular weight is 249 g/mol. The lowest BCUT2D eigenvalue weighted by Crippen LogP contribution is -2.20. The van der Waals surface area contributed by atoms with Gasteiger partial charge in [-0.3, -0.25) is 0 Å². The van der Waals surface area contributed by atoms with Crippen LogP contribution in [0, 0.1) is 13.8 Å². The predicted octanol–water partition coefficient (Wildman–Crippen LogP) is 2.08. The van der Waals surface area contributed by atoms with Crippen molar-refractivity contribution in [2.45, 2.75) is 20.0 Å². The van der Waals surface area contributed by atoms with Gasteiger partial charge < -0.3 is 10.1 Å². The van der Waals surface area contributed by atoms with E-state index in [1.54, 1.807) is 0 Å². The lowest BCUT2D eigenvalue weighted by molar-refractivity contribution is -0.172. The van der Waals surface area contributed by atoms with Crippen LogP contribution in [0.3, 0.4) is 0 Å². The molecule has 17 heavy (non-hydrogen) atoms. The van der Waals surface area contributed by atoms with Gasteiger partial charge in [0, 0.05) is 17.9 Å². The SMILES string of the molecule is Cc1cc(C)nc(NCCOCC(F)(F)F)n1. The van der Waals surface area contributed by atoms with Crippen LogP contribution in [0.15, 0.2) is 6.07 Å². The van der Waals surface area contributed by atoms with Crippen LogP contribution in [-0.4, -0.2) is 35.9 Å². The first-order valence-electron chi connectivity index (χ1n) is 5.07. The van der Waals surface area contributed by atoms with Crippen LogP contribution in [-0.2, 0) is 4.74 Å². The number of nitrogens with one attached hydrogen (secondary N) is 1. The van der Waals surface area contributed by atoms with Crippen molar-refractivity contribution in [3.05, 3.63) is 17.5 Å². The summed E-state index contributed by atoms with van der Waals surface area (Å²) < 4.78 is 39.7. The molecule has 0 bridgehead atoms. The van der Waals surface area contributed by atoms with Crippen LogP contribution in [0.5, 0.6) is 0 Å². The summed E-state index contributed by atoms with van der Waals surface area (Å²) in [5.41, 5.74) is 1.60. The Balaban J connectivity index is 2.27. The Morgan fingerprint density at radius 1 is 1.24 bits per heavy atom. The Kier molecular flexibility index (Phi) is 4.68. The zero-order valence-corrected chi connectivity index (χ0v) is 9.64. The summed E-state index contributed by atoms with van der Waals surface area (Å²) in [5.74, 6) is 0.401. The van der Waals surface area contributed by atoms with Gasteiger partial charge in [-0.15, -0.1) is 0 Å². The van der Waals surface area contributed by atoms with Crippen molar-refractivity contribution in [2.24, 2.45) is 0 Å². The lowest BCUT2D eigenvalue weighted by Gasteiger charge is -2.09. The first-order valence-corrected chi connectivity index (χ1v) is 5.07. The molecule has 0 fully saturated rings. The summed E-state index contributed by atoms with van der Waals surface area (Å²) in [5, 5.41) is 2.80. The van der Waals surface area contributed by atoms with Crippen molar-refractivity contribution in [2.75, 3.05) is 25.1 Å². The van der Waals surface area contributed by atoms with Crippen molar-refractivity contribution < 1.29 is 17.9 Å². The number of ether oxygens (including phenoxy) is 1. The zero-order chi connectivity index (χ0) is 12.9. The number of halogens is 3. The average Bonchev–Trinajstić information content (AvgIpc) is 2.13. The predicted molar refractivity (Wildman–Crippen MR) is 56.9 cm³/mol. The molecule has 96 valence electrons. The molecule has 1 aromatic heterocycles. The number of aromatic nitrogens is 2. The third-order valence-corrected chi connectivity index (χ3v) is 1.78. The van der Waals surface area contributed by atoms with Crippen molar-refractivity contribution in [1.29, 1.82) is 0 Å². The molecule has 0 saturated heterocycles.